The van der Waals surface area contributed by atoms with Gasteiger partial charge < -0.3 is 10.6 Å². The van der Waals surface area contributed by atoms with Crippen LogP contribution in [0.25, 0.3) is 0 Å². The lowest BCUT2D eigenvalue weighted by Gasteiger charge is -2.21. The largest absolute Gasteiger partial charge is 0.353 e. The molecule has 1 aliphatic carbocycles. The number of piperidine rings is 1. The smallest absolute Gasteiger partial charge is 0.224 e. The van der Waals surface area contributed by atoms with Crippen molar-refractivity contribution in [3.8, 4) is 0 Å². The summed E-state index contributed by atoms with van der Waals surface area (Å²) in [5.74, 6) is 0.504. The molecule has 2 aliphatic rings. The van der Waals surface area contributed by atoms with E-state index in [1.165, 1.54) is 12.8 Å². The second-order valence-electron chi connectivity index (χ2n) is 3.83. The van der Waals surface area contributed by atoms with Crippen LogP contribution < -0.4 is 10.6 Å². The van der Waals surface area contributed by atoms with E-state index in [1.54, 1.807) is 0 Å². The molecule has 0 aromatic heterocycles. The molecule has 0 aromatic carbocycles. The number of amides is 1. The van der Waals surface area contributed by atoms with Gasteiger partial charge in [0.25, 0.3) is 0 Å². The van der Waals surface area contributed by atoms with Gasteiger partial charge in [0.1, 0.15) is 0 Å². The predicted molar refractivity (Wildman–Crippen MR) is 46.8 cm³/mol. The summed E-state index contributed by atoms with van der Waals surface area (Å²) in [4.78, 5) is 11.5. The van der Waals surface area contributed by atoms with Gasteiger partial charge in [-0.3, -0.25) is 4.79 Å². The van der Waals surface area contributed by atoms with Crippen LogP contribution in [0.15, 0.2) is 0 Å². The summed E-state index contributed by atoms with van der Waals surface area (Å²) in [6, 6.07) is 0.513. The van der Waals surface area contributed by atoms with E-state index in [4.69, 9.17) is 0 Å². The van der Waals surface area contributed by atoms with Gasteiger partial charge in [-0.1, -0.05) is 0 Å². The number of rotatable bonds is 2. The second kappa shape index (κ2) is 3.44. The number of carbonyl (C=O) groups is 1. The summed E-state index contributed by atoms with van der Waals surface area (Å²) in [6.45, 7) is 1.95. The van der Waals surface area contributed by atoms with Gasteiger partial charge in [-0.2, -0.15) is 0 Å². The zero-order valence-electron chi connectivity index (χ0n) is 7.31. The molecular weight excluding hydrogens is 152 g/mol. The molecule has 0 radical (unpaired) electrons. The normalized spacial score (nSPS) is 29.8. The van der Waals surface area contributed by atoms with Crippen LogP contribution in [0.3, 0.4) is 0 Å². The molecule has 1 saturated carbocycles. The van der Waals surface area contributed by atoms with Crippen molar-refractivity contribution in [1.29, 1.82) is 0 Å². The van der Waals surface area contributed by atoms with E-state index in [9.17, 15) is 4.79 Å². The molecular formula is C9H16N2O. The molecule has 1 heterocycles. The van der Waals surface area contributed by atoms with E-state index in [0.29, 0.717) is 6.04 Å². The standard InChI is InChI=1S/C9H16N2O/c12-9(11-8-3-4-8)7-2-1-5-10-6-7/h7-8,10H,1-6H2,(H,11,12). The Balaban J connectivity index is 1.76. The Morgan fingerprint density at radius 2 is 2.17 bits per heavy atom. The Morgan fingerprint density at radius 3 is 2.75 bits per heavy atom. The molecule has 1 amide bonds. The van der Waals surface area contributed by atoms with Crippen LogP contribution in [0.1, 0.15) is 25.7 Å². The Bertz CT molecular complexity index is 171. The van der Waals surface area contributed by atoms with E-state index in [2.05, 4.69) is 10.6 Å². The van der Waals surface area contributed by atoms with Crippen molar-refractivity contribution in [3.63, 3.8) is 0 Å². The summed E-state index contributed by atoms with van der Waals surface area (Å²) in [5.41, 5.74) is 0. The van der Waals surface area contributed by atoms with Gasteiger partial charge in [-0.15, -0.1) is 0 Å². The topological polar surface area (TPSA) is 41.1 Å². The minimum absolute atomic E-state index is 0.236. The fraction of sp³-hybridized carbons (Fsp3) is 0.889. The lowest BCUT2D eigenvalue weighted by atomic mass is 9.99. The van der Waals surface area contributed by atoms with Crippen molar-refractivity contribution >= 4 is 5.91 Å². The maximum atomic E-state index is 11.5. The summed E-state index contributed by atoms with van der Waals surface area (Å²) in [5, 5.41) is 6.29. The van der Waals surface area contributed by atoms with Crippen molar-refractivity contribution in [2.45, 2.75) is 31.7 Å². The molecule has 12 heavy (non-hydrogen) atoms. The van der Waals surface area contributed by atoms with Gasteiger partial charge in [-0.05, 0) is 32.2 Å². The number of hydrogen-bond acceptors (Lipinski definition) is 2. The van der Waals surface area contributed by atoms with Crippen molar-refractivity contribution in [2.24, 2.45) is 5.92 Å². The van der Waals surface area contributed by atoms with Crippen LogP contribution in [-0.4, -0.2) is 25.0 Å². The third-order valence-corrected chi connectivity index (χ3v) is 2.59. The van der Waals surface area contributed by atoms with Gasteiger partial charge >= 0.3 is 0 Å². The highest BCUT2D eigenvalue weighted by molar-refractivity contribution is 5.79. The monoisotopic (exact) mass is 168 g/mol. The first-order valence-corrected chi connectivity index (χ1v) is 4.87. The zero-order valence-corrected chi connectivity index (χ0v) is 7.31. The van der Waals surface area contributed by atoms with Crippen LogP contribution in [0.4, 0.5) is 0 Å². The first kappa shape index (κ1) is 8.05. The van der Waals surface area contributed by atoms with Gasteiger partial charge in [0.05, 0.1) is 5.92 Å². The molecule has 2 N–H and O–H groups in total. The molecule has 1 unspecified atom stereocenters. The van der Waals surface area contributed by atoms with E-state index in [-0.39, 0.29) is 11.8 Å². The maximum Gasteiger partial charge on any atom is 0.224 e. The number of hydrogen-bond donors (Lipinski definition) is 2. The molecule has 0 spiro atoms. The quantitative estimate of drug-likeness (QED) is 0.621. The third-order valence-electron chi connectivity index (χ3n) is 2.59. The fourth-order valence-electron chi connectivity index (χ4n) is 1.62. The first-order chi connectivity index (χ1) is 5.86. The highest BCUT2D eigenvalue weighted by Crippen LogP contribution is 2.20. The summed E-state index contributed by atoms with van der Waals surface area (Å²) in [7, 11) is 0. The van der Waals surface area contributed by atoms with Crippen LogP contribution in [0.5, 0.6) is 0 Å². The SMILES string of the molecule is O=C(NC1CC1)C1CCCNC1. The highest BCUT2D eigenvalue weighted by Gasteiger charge is 2.27. The van der Waals surface area contributed by atoms with E-state index in [1.807, 2.05) is 0 Å². The second-order valence-corrected chi connectivity index (χ2v) is 3.83. The molecule has 1 aliphatic heterocycles. The Hall–Kier alpha value is -0.570. The van der Waals surface area contributed by atoms with Crippen LogP contribution in [0.2, 0.25) is 0 Å². The summed E-state index contributed by atoms with van der Waals surface area (Å²) < 4.78 is 0. The van der Waals surface area contributed by atoms with Gasteiger partial charge in [0.2, 0.25) is 5.91 Å². The van der Waals surface area contributed by atoms with Crippen LogP contribution >= 0.6 is 0 Å². The molecule has 0 bridgehead atoms. The number of carbonyl (C=O) groups excluding carboxylic acids is 1. The van der Waals surface area contributed by atoms with Crippen molar-refractivity contribution in [2.75, 3.05) is 13.1 Å². The summed E-state index contributed by atoms with van der Waals surface area (Å²) >= 11 is 0. The molecule has 0 aromatic rings. The van der Waals surface area contributed by atoms with Crippen LogP contribution in [-0.2, 0) is 4.79 Å². The molecule has 2 fully saturated rings. The van der Waals surface area contributed by atoms with E-state index >= 15 is 0 Å². The van der Waals surface area contributed by atoms with Crippen molar-refractivity contribution in [3.05, 3.63) is 0 Å². The highest BCUT2D eigenvalue weighted by atomic mass is 16.2. The zero-order chi connectivity index (χ0) is 8.39. The first-order valence-electron chi connectivity index (χ1n) is 4.87. The molecule has 3 nitrogen and oxygen atoms in total. The predicted octanol–water partition coefficient (Wildman–Crippen LogP) is 0.265. The lowest BCUT2D eigenvalue weighted by Crippen LogP contribution is -2.41. The molecule has 3 heteroatoms. The molecule has 68 valence electrons. The van der Waals surface area contributed by atoms with E-state index < -0.39 is 0 Å². The minimum Gasteiger partial charge on any atom is -0.353 e. The summed E-state index contributed by atoms with van der Waals surface area (Å²) in [6.07, 6.45) is 4.58. The van der Waals surface area contributed by atoms with Crippen molar-refractivity contribution < 1.29 is 4.79 Å². The lowest BCUT2D eigenvalue weighted by molar-refractivity contribution is -0.125. The average Bonchev–Trinajstić information content (AvgIpc) is 2.90. The molecule has 1 saturated heterocycles. The minimum atomic E-state index is 0.236. The Kier molecular flexibility index (Phi) is 2.30. The van der Waals surface area contributed by atoms with Gasteiger partial charge in [-0.25, -0.2) is 0 Å². The fourth-order valence-corrected chi connectivity index (χ4v) is 1.62. The van der Waals surface area contributed by atoms with Crippen molar-refractivity contribution in [1.82, 2.24) is 10.6 Å². The van der Waals surface area contributed by atoms with Gasteiger partial charge in [0, 0.05) is 12.6 Å². The molecule has 1 atom stereocenters. The van der Waals surface area contributed by atoms with E-state index in [0.717, 1.165) is 25.9 Å². The molecule has 2 rings (SSSR count). The third kappa shape index (κ3) is 1.97. The number of nitrogens with one attached hydrogen (secondary N) is 2. The Morgan fingerprint density at radius 1 is 1.33 bits per heavy atom. The van der Waals surface area contributed by atoms with Gasteiger partial charge in [0.15, 0.2) is 0 Å². The average molecular weight is 168 g/mol. The Labute approximate surface area is 72.9 Å². The maximum absolute atomic E-state index is 11.5. The van der Waals surface area contributed by atoms with Crippen LogP contribution in [0, 0.1) is 5.92 Å².